The third-order valence-corrected chi connectivity index (χ3v) is 5.36. The van der Waals surface area contributed by atoms with E-state index in [1.807, 2.05) is 24.3 Å². The Morgan fingerprint density at radius 3 is 2.33 bits per heavy atom. The van der Waals surface area contributed by atoms with E-state index in [0.29, 0.717) is 33.9 Å². The van der Waals surface area contributed by atoms with Crippen LogP contribution in [-0.2, 0) is 14.3 Å². The lowest BCUT2D eigenvalue weighted by molar-refractivity contribution is -0.140. The zero-order valence-electron chi connectivity index (χ0n) is 20.1. The number of hydrogen-bond donors (Lipinski definition) is 3. The van der Waals surface area contributed by atoms with E-state index in [1.54, 1.807) is 61.6 Å². The second kappa shape index (κ2) is 12.6. The van der Waals surface area contributed by atoms with Crippen LogP contribution in [0.1, 0.15) is 22.3 Å². The SMILES string of the molecule is CNc1ccc(C(=O)N(CCC(=O)OC)c2ccccc2)cc1NC(=O)CNc1ccc(C#N)cc1. The Labute approximate surface area is 209 Å². The van der Waals surface area contributed by atoms with Gasteiger partial charge < -0.3 is 25.6 Å². The molecule has 0 saturated heterocycles. The van der Waals surface area contributed by atoms with E-state index in [1.165, 1.54) is 12.0 Å². The van der Waals surface area contributed by atoms with Crippen molar-refractivity contribution in [3.8, 4) is 6.07 Å². The lowest BCUT2D eigenvalue weighted by atomic mass is 10.1. The molecule has 0 saturated carbocycles. The van der Waals surface area contributed by atoms with E-state index in [2.05, 4.69) is 16.0 Å². The number of hydrogen-bond acceptors (Lipinski definition) is 7. The molecular formula is C27H27N5O4. The van der Waals surface area contributed by atoms with Gasteiger partial charge in [-0.2, -0.15) is 5.26 Å². The van der Waals surface area contributed by atoms with E-state index < -0.39 is 5.97 Å². The molecule has 2 amide bonds. The number of methoxy groups -OCH3 is 1. The summed E-state index contributed by atoms with van der Waals surface area (Å²) in [5.74, 6) is -1.05. The standard InChI is InChI=1S/C27H27N5O4/c1-29-23-13-10-20(27(35)32(15-14-26(34)36-2)22-6-4-3-5-7-22)16-24(23)31-25(33)18-30-21-11-8-19(17-28)9-12-21/h3-13,16,29-30H,14-15,18H2,1-2H3,(H,31,33). The highest BCUT2D eigenvalue weighted by Crippen LogP contribution is 2.25. The maximum atomic E-state index is 13.5. The van der Waals surface area contributed by atoms with Crippen molar-refractivity contribution in [1.29, 1.82) is 5.26 Å². The van der Waals surface area contributed by atoms with Crippen molar-refractivity contribution in [1.82, 2.24) is 0 Å². The molecule has 36 heavy (non-hydrogen) atoms. The molecule has 3 N–H and O–H groups in total. The summed E-state index contributed by atoms with van der Waals surface area (Å²) in [6, 6.07) is 22.8. The minimum absolute atomic E-state index is 0.0114. The third kappa shape index (κ3) is 6.84. The lowest BCUT2D eigenvalue weighted by Gasteiger charge is -2.23. The van der Waals surface area contributed by atoms with Crippen LogP contribution in [-0.4, -0.2) is 45.0 Å². The Balaban J connectivity index is 1.77. The van der Waals surface area contributed by atoms with Crippen molar-refractivity contribution in [2.24, 2.45) is 0 Å². The first kappa shape index (κ1) is 25.8. The molecular weight excluding hydrogens is 458 g/mol. The fraction of sp³-hybridized carbons (Fsp3) is 0.185. The maximum absolute atomic E-state index is 13.5. The number of ether oxygens (including phenoxy) is 1. The first-order valence-electron chi connectivity index (χ1n) is 11.2. The van der Waals surface area contributed by atoms with Crippen molar-refractivity contribution in [3.63, 3.8) is 0 Å². The summed E-state index contributed by atoms with van der Waals surface area (Å²) >= 11 is 0. The number of benzene rings is 3. The van der Waals surface area contributed by atoms with Crippen molar-refractivity contribution in [2.75, 3.05) is 48.1 Å². The number of anilines is 4. The van der Waals surface area contributed by atoms with E-state index in [9.17, 15) is 14.4 Å². The molecule has 0 aliphatic carbocycles. The van der Waals surface area contributed by atoms with Gasteiger partial charge in [0.2, 0.25) is 5.91 Å². The molecule has 0 aromatic heterocycles. The molecule has 3 aromatic carbocycles. The van der Waals surface area contributed by atoms with Crippen LogP contribution in [0.2, 0.25) is 0 Å². The highest BCUT2D eigenvalue weighted by Gasteiger charge is 2.20. The van der Waals surface area contributed by atoms with Gasteiger partial charge in [-0.15, -0.1) is 0 Å². The Hall–Kier alpha value is -4.84. The molecule has 0 fully saturated rings. The third-order valence-electron chi connectivity index (χ3n) is 5.36. The largest absolute Gasteiger partial charge is 0.469 e. The van der Waals surface area contributed by atoms with Crippen molar-refractivity contribution in [3.05, 3.63) is 83.9 Å². The Bertz CT molecular complexity index is 1250. The number of nitriles is 1. The van der Waals surface area contributed by atoms with Gasteiger partial charge in [-0.25, -0.2) is 0 Å². The number of nitrogens with one attached hydrogen (secondary N) is 3. The average Bonchev–Trinajstić information content (AvgIpc) is 2.92. The summed E-state index contributed by atoms with van der Waals surface area (Å²) in [4.78, 5) is 39.3. The Morgan fingerprint density at radius 2 is 1.69 bits per heavy atom. The fourth-order valence-electron chi connectivity index (χ4n) is 3.45. The van der Waals surface area contributed by atoms with Gasteiger partial charge in [-0.05, 0) is 54.6 Å². The summed E-state index contributed by atoms with van der Waals surface area (Å²) in [5, 5.41) is 17.7. The van der Waals surface area contributed by atoms with Crippen LogP contribution in [0.4, 0.5) is 22.7 Å². The van der Waals surface area contributed by atoms with Gasteiger partial charge in [0.15, 0.2) is 0 Å². The molecule has 9 heteroatoms. The van der Waals surface area contributed by atoms with Gasteiger partial charge in [0, 0.05) is 30.5 Å². The number of carbonyl (C=O) groups excluding carboxylic acids is 3. The lowest BCUT2D eigenvalue weighted by Crippen LogP contribution is -2.33. The first-order chi connectivity index (χ1) is 17.4. The van der Waals surface area contributed by atoms with Crippen LogP contribution in [0.3, 0.4) is 0 Å². The monoisotopic (exact) mass is 485 g/mol. The predicted molar refractivity (Wildman–Crippen MR) is 139 cm³/mol. The van der Waals surface area contributed by atoms with Crippen LogP contribution in [0.15, 0.2) is 72.8 Å². The van der Waals surface area contributed by atoms with Gasteiger partial charge >= 0.3 is 5.97 Å². The number of amides is 2. The molecule has 0 radical (unpaired) electrons. The predicted octanol–water partition coefficient (Wildman–Crippen LogP) is 3.86. The zero-order valence-corrected chi connectivity index (χ0v) is 20.1. The topological polar surface area (TPSA) is 124 Å². The highest BCUT2D eigenvalue weighted by atomic mass is 16.5. The van der Waals surface area contributed by atoms with E-state index in [-0.39, 0.29) is 31.3 Å². The highest BCUT2D eigenvalue weighted by molar-refractivity contribution is 6.08. The number of nitrogens with zero attached hydrogens (tertiary/aromatic N) is 2. The zero-order chi connectivity index (χ0) is 25.9. The molecule has 0 atom stereocenters. The van der Waals surface area contributed by atoms with Crippen LogP contribution in [0, 0.1) is 11.3 Å². The summed E-state index contributed by atoms with van der Waals surface area (Å²) in [6.45, 7) is 0.127. The van der Waals surface area contributed by atoms with Crippen molar-refractivity contribution >= 4 is 40.5 Å². The van der Waals surface area contributed by atoms with Crippen LogP contribution in [0.5, 0.6) is 0 Å². The molecule has 0 spiro atoms. The minimum atomic E-state index is -0.419. The summed E-state index contributed by atoms with van der Waals surface area (Å²) < 4.78 is 4.73. The Morgan fingerprint density at radius 1 is 0.972 bits per heavy atom. The summed E-state index contributed by atoms with van der Waals surface area (Å²) in [5.41, 5.74) is 3.29. The number of para-hydroxylation sites is 1. The fourth-order valence-corrected chi connectivity index (χ4v) is 3.45. The normalized spacial score (nSPS) is 10.0. The van der Waals surface area contributed by atoms with Crippen LogP contribution in [0.25, 0.3) is 0 Å². The number of carbonyl (C=O) groups is 3. The Kier molecular flexibility index (Phi) is 9.00. The first-order valence-corrected chi connectivity index (χ1v) is 11.2. The van der Waals surface area contributed by atoms with E-state index in [4.69, 9.17) is 10.00 Å². The molecule has 0 heterocycles. The van der Waals surface area contributed by atoms with Gasteiger partial charge in [-0.3, -0.25) is 14.4 Å². The van der Waals surface area contributed by atoms with E-state index >= 15 is 0 Å². The van der Waals surface area contributed by atoms with E-state index in [0.717, 1.165) is 0 Å². The molecule has 3 rings (SSSR count). The van der Waals surface area contributed by atoms with Gasteiger partial charge in [0.1, 0.15) is 0 Å². The van der Waals surface area contributed by atoms with Crippen LogP contribution >= 0.6 is 0 Å². The average molecular weight is 486 g/mol. The quantitative estimate of drug-likeness (QED) is 0.373. The number of esters is 1. The molecule has 0 aliphatic rings. The molecule has 0 aliphatic heterocycles. The molecule has 9 nitrogen and oxygen atoms in total. The molecule has 0 unspecified atom stereocenters. The minimum Gasteiger partial charge on any atom is -0.469 e. The summed E-state index contributed by atoms with van der Waals surface area (Å²) in [6.07, 6.45) is 0.0380. The molecule has 184 valence electrons. The van der Waals surface area contributed by atoms with Crippen LogP contribution < -0.4 is 20.9 Å². The number of rotatable bonds is 10. The second-order valence-corrected chi connectivity index (χ2v) is 7.72. The molecule has 3 aromatic rings. The second-order valence-electron chi connectivity index (χ2n) is 7.72. The van der Waals surface area contributed by atoms with Gasteiger partial charge in [0.05, 0.1) is 43.1 Å². The van der Waals surface area contributed by atoms with Gasteiger partial charge in [0.25, 0.3) is 5.91 Å². The summed E-state index contributed by atoms with van der Waals surface area (Å²) in [7, 11) is 3.02. The maximum Gasteiger partial charge on any atom is 0.307 e. The van der Waals surface area contributed by atoms with Gasteiger partial charge in [-0.1, -0.05) is 18.2 Å². The van der Waals surface area contributed by atoms with Crippen molar-refractivity contribution < 1.29 is 19.1 Å². The molecule has 0 bridgehead atoms. The smallest absolute Gasteiger partial charge is 0.307 e. The van der Waals surface area contributed by atoms with Crippen molar-refractivity contribution in [2.45, 2.75) is 6.42 Å².